The Balaban J connectivity index is 1.60. The third-order valence-electron chi connectivity index (χ3n) is 7.01. The van der Waals surface area contributed by atoms with E-state index in [1.807, 2.05) is 33.1 Å². The zero-order chi connectivity index (χ0) is 23.1. The molecule has 1 aliphatic carbocycles. The van der Waals surface area contributed by atoms with Gasteiger partial charge in [-0.3, -0.25) is 19.5 Å². The van der Waals surface area contributed by atoms with Crippen LogP contribution in [0.15, 0.2) is 35.3 Å². The highest BCUT2D eigenvalue weighted by atomic mass is 16.6. The average molecular weight is 440 g/mol. The van der Waals surface area contributed by atoms with Gasteiger partial charge >= 0.3 is 5.97 Å². The van der Waals surface area contributed by atoms with Gasteiger partial charge in [0, 0.05) is 37.2 Å². The van der Waals surface area contributed by atoms with Crippen LogP contribution in [0.3, 0.4) is 0 Å². The molecule has 1 saturated heterocycles. The Labute approximate surface area is 191 Å². The van der Waals surface area contributed by atoms with E-state index in [1.54, 1.807) is 0 Å². The van der Waals surface area contributed by atoms with Gasteiger partial charge < -0.3 is 10.1 Å². The highest BCUT2D eigenvalue weighted by molar-refractivity contribution is 5.93. The van der Waals surface area contributed by atoms with Crippen LogP contribution in [0.4, 0.5) is 0 Å². The van der Waals surface area contributed by atoms with Crippen molar-refractivity contribution in [2.45, 2.75) is 64.6 Å². The molecule has 5 atom stereocenters. The van der Waals surface area contributed by atoms with Crippen molar-refractivity contribution in [1.82, 2.24) is 10.2 Å². The molecule has 6 nitrogen and oxygen atoms in total. The van der Waals surface area contributed by atoms with Gasteiger partial charge in [-0.25, -0.2) is 0 Å². The van der Waals surface area contributed by atoms with Gasteiger partial charge in [0.1, 0.15) is 17.7 Å². The summed E-state index contributed by atoms with van der Waals surface area (Å²) in [7, 11) is 0. The molecule has 2 fully saturated rings. The molecule has 6 heteroatoms. The van der Waals surface area contributed by atoms with E-state index in [0.29, 0.717) is 23.8 Å². The maximum atomic E-state index is 13.6. The second-order valence-electron chi connectivity index (χ2n) is 11.1. The molecule has 1 amide bonds. The van der Waals surface area contributed by atoms with Gasteiger partial charge in [-0.15, -0.1) is 0 Å². The molecule has 5 rings (SSSR count). The van der Waals surface area contributed by atoms with E-state index in [2.05, 4.69) is 48.3 Å². The monoisotopic (exact) mass is 439 g/mol. The van der Waals surface area contributed by atoms with E-state index >= 15 is 0 Å². The molecular weight excluding hydrogens is 402 g/mol. The molecule has 3 aliphatic heterocycles. The minimum absolute atomic E-state index is 0.0797. The van der Waals surface area contributed by atoms with Crippen LogP contribution < -0.4 is 5.32 Å². The van der Waals surface area contributed by atoms with Crippen molar-refractivity contribution >= 4 is 18.1 Å². The van der Waals surface area contributed by atoms with Crippen LogP contribution in [0.25, 0.3) is 0 Å². The fourth-order valence-electron chi connectivity index (χ4n) is 6.03. The molecule has 4 bridgehead atoms. The third-order valence-corrected chi connectivity index (χ3v) is 7.01. The minimum atomic E-state index is -0.826. The number of carbonyl (C=O) groups is 2. The fourth-order valence-corrected chi connectivity index (χ4v) is 6.03. The summed E-state index contributed by atoms with van der Waals surface area (Å²) in [5, 5.41) is 2.89. The number of aliphatic imine (C=N–C) groups is 1. The molecule has 0 aromatic heterocycles. The molecule has 5 unspecified atom stereocenters. The second-order valence-corrected chi connectivity index (χ2v) is 11.1. The Morgan fingerprint density at radius 2 is 1.97 bits per heavy atom. The topological polar surface area (TPSA) is 71.0 Å². The molecule has 4 aliphatic rings. The van der Waals surface area contributed by atoms with Crippen molar-refractivity contribution < 1.29 is 14.3 Å². The number of hydrogen-bond donors (Lipinski definition) is 1. The molecule has 0 spiro atoms. The van der Waals surface area contributed by atoms with Crippen molar-refractivity contribution in [3.05, 3.63) is 35.9 Å². The second kappa shape index (κ2) is 8.62. The van der Waals surface area contributed by atoms with E-state index in [9.17, 15) is 9.59 Å². The first-order valence-electron chi connectivity index (χ1n) is 11.9. The smallest absolute Gasteiger partial charge is 0.325 e. The van der Waals surface area contributed by atoms with E-state index in [-0.39, 0.29) is 18.4 Å². The molecule has 1 aromatic carbocycles. The first-order chi connectivity index (χ1) is 15.1. The summed E-state index contributed by atoms with van der Waals surface area (Å²) in [6.07, 6.45) is 3.60. The fraction of sp³-hybridized carbons (Fsp3) is 0.654. The number of amides is 1. The summed E-state index contributed by atoms with van der Waals surface area (Å²) >= 11 is 0. The van der Waals surface area contributed by atoms with Gasteiger partial charge in [-0.2, -0.15) is 0 Å². The summed E-state index contributed by atoms with van der Waals surface area (Å²) in [6.45, 7) is 11.9. The van der Waals surface area contributed by atoms with E-state index in [1.165, 1.54) is 5.56 Å². The summed E-state index contributed by atoms with van der Waals surface area (Å²) in [5.74, 6) is 0.938. The number of hydrogen-bond acceptors (Lipinski definition) is 5. The molecule has 3 heterocycles. The largest absolute Gasteiger partial charge is 0.459 e. The zero-order valence-corrected chi connectivity index (χ0v) is 20.0. The Kier molecular flexibility index (Phi) is 6.19. The highest BCUT2D eigenvalue weighted by Gasteiger charge is 2.63. The molecule has 1 saturated carbocycles. The summed E-state index contributed by atoms with van der Waals surface area (Å²) in [4.78, 5) is 33.4. The van der Waals surface area contributed by atoms with Crippen molar-refractivity contribution in [3.63, 3.8) is 0 Å². The first kappa shape index (κ1) is 23.0. The van der Waals surface area contributed by atoms with Gasteiger partial charge in [-0.05, 0) is 51.0 Å². The van der Waals surface area contributed by atoms with Crippen molar-refractivity contribution in [2.24, 2.45) is 28.7 Å². The zero-order valence-electron chi connectivity index (χ0n) is 20.0. The number of likely N-dealkylation sites (tertiary alicyclic amines) is 1. The van der Waals surface area contributed by atoms with Crippen LogP contribution in [0.1, 0.15) is 46.6 Å². The van der Waals surface area contributed by atoms with Gasteiger partial charge in [0.25, 0.3) is 0 Å². The number of esters is 1. The summed E-state index contributed by atoms with van der Waals surface area (Å²) in [6, 6.07) is 10.7. The Morgan fingerprint density at radius 3 is 2.62 bits per heavy atom. The average Bonchev–Trinajstić information content (AvgIpc) is 3.00. The third kappa shape index (κ3) is 4.47. The molecule has 1 N–H and O–H groups in total. The van der Waals surface area contributed by atoms with Crippen LogP contribution >= 0.6 is 0 Å². The molecular formula is C26H37N3O3. The lowest BCUT2D eigenvalue weighted by Crippen LogP contribution is -2.64. The number of benzene rings is 1. The van der Waals surface area contributed by atoms with Gasteiger partial charge in [-0.1, -0.05) is 44.2 Å². The number of rotatable bonds is 7. The number of nitrogens with one attached hydrogen (secondary N) is 1. The van der Waals surface area contributed by atoms with Gasteiger partial charge in [0.05, 0.1) is 0 Å². The molecule has 174 valence electrons. The maximum absolute atomic E-state index is 13.6. The van der Waals surface area contributed by atoms with E-state index in [4.69, 9.17) is 9.73 Å². The predicted octanol–water partition coefficient (Wildman–Crippen LogP) is 3.10. The van der Waals surface area contributed by atoms with E-state index in [0.717, 1.165) is 25.9 Å². The lowest BCUT2D eigenvalue weighted by molar-refractivity contribution is -0.155. The van der Waals surface area contributed by atoms with Crippen molar-refractivity contribution in [2.75, 3.05) is 19.6 Å². The highest BCUT2D eigenvalue weighted by Crippen LogP contribution is 2.53. The summed E-state index contributed by atoms with van der Waals surface area (Å²) in [5.41, 5.74) is -0.172. The maximum Gasteiger partial charge on any atom is 0.325 e. The van der Waals surface area contributed by atoms with Crippen LogP contribution in [0.5, 0.6) is 0 Å². The number of ether oxygens (including phenoxy) is 1. The lowest BCUT2D eigenvalue weighted by Gasteiger charge is -2.51. The molecule has 1 aromatic rings. The SMILES string of the molecule is CC(C)CN1CC2CC3(C(=O)NCC(=O)OC(C)(C)C)N=CC2C1C3Cc1ccccc1. The first-order valence-corrected chi connectivity index (χ1v) is 11.9. The van der Waals surface area contributed by atoms with Gasteiger partial charge in [0.2, 0.25) is 5.91 Å². The Hall–Kier alpha value is -2.21. The molecule has 32 heavy (non-hydrogen) atoms. The Bertz CT molecular complexity index is 876. The van der Waals surface area contributed by atoms with Crippen LogP contribution in [0, 0.1) is 23.7 Å². The van der Waals surface area contributed by atoms with E-state index < -0.39 is 17.1 Å². The standard InChI is InChI=1S/C26H37N3O3/c1-17(2)15-29-16-19-12-26(24(31)27-14-22(30)32-25(3,4)5)21(23(29)20(19)13-28-26)11-18-9-7-6-8-10-18/h6-10,13,17,19-21,23H,11-12,14-16H2,1-5H3,(H,27,31). The predicted molar refractivity (Wildman–Crippen MR) is 126 cm³/mol. The van der Waals surface area contributed by atoms with Crippen molar-refractivity contribution in [1.29, 1.82) is 0 Å². The quantitative estimate of drug-likeness (QED) is 0.663. The van der Waals surface area contributed by atoms with Crippen LogP contribution in [-0.2, 0) is 20.7 Å². The number of nitrogens with zero attached hydrogens (tertiary/aromatic N) is 2. The minimum Gasteiger partial charge on any atom is -0.459 e. The molecule has 0 radical (unpaired) electrons. The number of carbonyl (C=O) groups excluding carboxylic acids is 2. The van der Waals surface area contributed by atoms with Crippen molar-refractivity contribution in [3.8, 4) is 0 Å². The Morgan fingerprint density at radius 1 is 1.25 bits per heavy atom. The lowest BCUT2D eigenvalue weighted by atomic mass is 9.59. The van der Waals surface area contributed by atoms with Gasteiger partial charge in [0.15, 0.2) is 0 Å². The normalized spacial score (nSPS) is 31.2. The summed E-state index contributed by atoms with van der Waals surface area (Å²) < 4.78 is 5.39. The van der Waals surface area contributed by atoms with Crippen LogP contribution in [-0.4, -0.2) is 59.8 Å². The van der Waals surface area contributed by atoms with Crippen LogP contribution in [0.2, 0.25) is 0 Å².